The minimum atomic E-state index is -4.23. The maximum atomic E-state index is 13.5. The summed E-state index contributed by atoms with van der Waals surface area (Å²) in [7, 11) is -0.358. The van der Waals surface area contributed by atoms with E-state index in [1.165, 1.54) is 37.2 Å². The van der Waals surface area contributed by atoms with Crippen molar-refractivity contribution in [2.24, 2.45) is 4.99 Å². The van der Waals surface area contributed by atoms with E-state index in [4.69, 9.17) is 0 Å². The lowest BCUT2D eigenvalue weighted by Gasteiger charge is -2.19. The van der Waals surface area contributed by atoms with Crippen LogP contribution in [0.3, 0.4) is 0 Å². The van der Waals surface area contributed by atoms with E-state index in [9.17, 15) is 26.0 Å². The third kappa shape index (κ3) is 12.9. The van der Waals surface area contributed by atoms with Gasteiger partial charge >= 0.3 is 6.18 Å². The Kier molecular flexibility index (Phi) is 12.0. The molecule has 0 radical (unpaired) electrons. The molecule has 0 saturated heterocycles. The summed E-state index contributed by atoms with van der Waals surface area (Å²) in [5.41, 5.74) is 0.971. The van der Waals surface area contributed by atoms with Crippen LogP contribution in [0.25, 0.3) is 0 Å². The molecule has 0 bridgehead atoms. The monoisotopic (exact) mass is 554 g/mol. The van der Waals surface area contributed by atoms with Gasteiger partial charge in [-0.2, -0.15) is 13.2 Å². The minimum absolute atomic E-state index is 0. The van der Waals surface area contributed by atoms with Crippen molar-refractivity contribution in [3.8, 4) is 0 Å². The second kappa shape index (κ2) is 12.5. The predicted octanol–water partition coefficient (Wildman–Crippen LogP) is 2.54. The van der Waals surface area contributed by atoms with E-state index in [0.29, 0.717) is 30.1 Å². The van der Waals surface area contributed by atoms with Crippen LogP contribution in [0.15, 0.2) is 23.2 Å². The van der Waals surface area contributed by atoms with Crippen molar-refractivity contribution in [1.29, 1.82) is 0 Å². The Hall–Kier alpha value is -1.15. The molecular weight excluding hydrogens is 527 g/mol. The van der Waals surface area contributed by atoms with Crippen molar-refractivity contribution in [2.45, 2.75) is 24.9 Å². The highest BCUT2D eigenvalue weighted by atomic mass is 127. The molecule has 0 heterocycles. The van der Waals surface area contributed by atoms with Crippen LogP contribution in [0, 0.1) is 5.82 Å². The van der Waals surface area contributed by atoms with Gasteiger partial charge in [-0.25, -0.2) is 12.8 Å². The summed E-state index contributed by atoms with van der Waals surface area (Å²) in [5, 5.41) is 5.91. The Balaban J connectivity index is 0.00000784. The molecule has 0 amide bonds. The van der Waals surface area contributed by atoms with Crippen LogP contribution < -0.4 is 10.6 Å². The number of hydrogen-bond donors (Lipinski definition) is 2. The summed E-state index contributed by atoms with van der Waals surface area (Å²) in [6, 6.07) is 3.89. The van der Waals surface area contributed by atoms with Gasteiger partial charge in [0, 0.05) is 26.4 Å². The van der Waals surface area contributed by atoms with Crippen LogP contribution in [0.5, 0.6) is 0 Å². The first kappa shape index (κ1) is 27.8. The number of guanidine groups is 1. The van der Waals surface area contributed by atoms with E-state index >= 15 is 0 Å². The number of rotatable bonds is 9. The van der Waals surface area contributed by atoms with Gasteiger partial charge in [0.25, 0.3) is 0 Å². The van der Waals surface area contributed by atoms with Gasteiger partial charge in [-0.05, 0) is 43.3 Å². The van der Waals surface area contributed by atoms with E-state index in [2.05, 4.69) is 15.6 Å². The lowest BCUT2D eigenvalue weighted by atomic mass is 10.1. The number of sulfone groups is 1. The highest BCUT2D eigenvalue weighted by Crippen LogP contribution is 2.16. The molecule has 0 atom stereocenters. The van der Waals surface area contributed by atoms with E-state index in [0.717, 1.165) is 6.26 Å². The summed E-state index contributed by atoms with van der Waals surface area (Å²) in [6.07, 6.45) is -2.66. The van der Waals surface area contributed by atoms with Gasteiger partial charge in [-0.15, -0.1) is 24.0 Å². The summed E-state index contributed by atoms with van der Waals surface area (Å²) in [5.74, 6) is -0.306. The number of aliphatic imine (C=N–C) groups is 1. The molecule has 1 rings (SSSR count). The maximum Gasteiger partial charge on any atom is 0.401 e. The fourth-order valence-electron chi connectivity index (χ4n) is 2.52. The number of halogens is 5. The molecular formula is C17H27F4IN4O2S. The molecule has 0 spiro atoms. The topological polar surface area (TPSA) is 73.8 Å². The van der Waals surface area contributed by atoms with Gasteiger partial charge in [0.15, 0.2) is 15.8 Å². The van der Waals surface area contributed by atoms with Crippen LogP contribution in [0.4, 0.5) is 17.6 Å². The highest BCUT2D eigenvalue weighted by molar-refractivity contribution is 14.0. The van der Waals surface area contributed by atoms with Crippen molar-refractivity contribution < 1.29 is 26.0 Å². The Morgan fingerprint density at radius 2 is 1.86 bits per heavy atom. The van der Waals surface area contributed by atoms with Gasteiger partial charge in [0.2, 0.25) is 0 Å². The molecule has 0 unspecified atom stereocenters. The van der Waals surface area contributed by atoms with Crippen LogP contribution in [0.2, 0.25) is 0 Å². The number of nitrogens with one attached hydrogen (secondary N) is 2. The highest BCUT2D eigenvalue weighted by Gasteiger charge is 2.28. The first-order valence-corrected chi connectivity index (χ1v) is 10.6. The van der Waals surface area contributed by atoms with Crippen molar-refractivity contribution >= 4 is 39.8 Å². The predicted molar refractivity (Wildman–Crippen MR) is 117 cm³/mol. The molecule has 6 nitrogen and oxygen atoms in total. The second-order valence-electron chi connectivity index (χ2n) is 6.54. The zero-order valence-corrected chi connectivity index (χ0v) is 19.7. The molecule has 0 aliphatic carbocycles. The van der Waals surface area contributed by atoms with E-state index in [1.54, 1.807) is 0 Å². The Morgan fingerprint density at radius 3 is 2.41 bits per heavy atom. The molecule has 0 aliphatic heterocycles. The molecule has 168 valence electrons. The van der Waals surface area contributed by atoms with Crippen LogP contribution >= 0.6 is 24.0 Å². The molecule has 0 saturated carbocycles. The maximum absolute atomic E-state index is 13.5. The van der Waals surface area contributed by atoms with Crippen LogP contribution in [0.1, 0.15) is 17.5 Å². The summed E-state index contributed by atoms with van der Waals surface area (Å²) >= 11 is 0. The lowest BCUT2D eigenvalue weighted by Crippen LogP contribution is -2.39. The van der Waals surface area contributed by atoms with Crippen molar-refractivity contribution in [3.63, 3.8) is 0 Å². The molecule has 0 aliphatic rings. The van der Waals surface area contributed by atoms with Gasteiger partial charge in [-0.3, -0.25) is 9.89 Å². The minimum Gasteiger partial charge on any atom is -0.356 e. The molecule has 0 fully saturated rings. The fraction of sp³-hybridized carbons (Fsp3) is 0.588. The number of benzene rings is 1. The Bertz CT molecular complexity index is 773. The normalized spacial score (nSPS) is 12.6. The second-order valence-corrected chi connectivity index (χ2v) is 8.68. The van der Waals surface area contributed by atoms with Gasteiger partial charge in [-0.1, -0.05) is 6.07 Å². The lowest BCUT2D eigenvalue weighted by molar-refractivity contribution is -0.143. The zero-order chi connectivity index (χ0) is 21.4. The van der Waals surface area contributed by atoms with Gasteiger partial charge in [0.1, 0.15) is 5.82 Å². The Morgan fingerprint density at radius 1 is 1.21 bits per heavy atom. The van der Waals surface area contributed by atoms with Gasteiger partial charge < -0.3 is 10.6 Å². The van der Waals surface area contributed by atoms with Crippen molar-refractivity contribution in [3.05, 3.63) is 35.1 Å². The molecule has 1 aromatic carbocycles. The van der Waals surface area contributed by atoms with Gasteiger partial charge in [0.05, 0.1) is 12.3 Å². The first-order valence-electron chi connectivity index (χ1n) is 8.54. The Labute approximate surface area is 186 Å². The number of hydrogen-bond acceptors (Lipinski definition) is 4. The zero-order valence-electron chi connectivity index (χ0n) is 16.5. The summed E-state index contributed by atoms with van der Waals surface area (Å²) in [6.45, 7) is -0.175. The van der Waals surface area contributed by atoms with Crippen molar-refractivity contribution in [2.75, 3.05) is 40.0 Å². The molecule has 12 heteroatoms. The first-order chi connectivity index (χ1) is 12.9. The van der Waals surface area contributed by atoms with E-state index in [-0.39, 0.29) is 42.8 Å². The SMILES string of the molecule is CN=C(NCCCN(C)CC(F)(F)F)NCc1cc(F)ccc1CS(C)(=O)=O.I. The van der Waals surface area contributed by atoms with E-state index < -0.39 is 28.4 Å². The fourth-order valence-corrected chi connectivity index (χ4v) is 3.37. The third-order valence-corrected chi connectivity index (χ3v) is 4.55. The number of alkyl halides is 3. The average Bonchev–Trinajstić information content (AvgIpc) is 2.53. The number of nitrogens with zero attached hydrogens (tertiary/aromatic N) is 2. The molecule has 29 heavy (non-hydrogen) atoms. The molecule has 1 aromatic rings. The van der Waals surface area contributed by atoms with Crippen LogP contribution in [-0.4, -0.2) is 65.4 Å². The largest absolute Gasteiger partial charge is 0.401 e. The van der Waals surface area contributed by atoms with E-state index in [1.807, 2.05) is 0 Å². The summed E-state index contributed by atoms with van der Waals surface area (Å²) < 4.78 is 73.4. The van der Waals surface area contributed by atoms with Crippen molar-refractivity contribution in [1.82, 2.24) is 15.5 Å². The third-order valence-electron chi connectivity index (χ3n) is 3.71. The summed E-state index contributed by atoms with van der Waals surface area (Å²) in [4.78, 5) is 5.18. The molecule has 0 aromatic heterocycles. The quantitative estimate of drug-likeness (QED) is 0.162. The smallest absolute Gasteiger partial charge is 0.356 e. The standard InChI is InChI=1S/C17H26F4N4O2S.HI/c1-22-16(23-7-4-8-25(2)12-17(19,20)21)24-10-14-9-15(18)6-5-13(14)11-28(3,26)27;/h5-6,9H,4,7-8,10-12H2,1-3H3,(H2,22,23,24);1H. The molecule has 2 N–H and O–H groups in total. The average molecular weight is 554 g/mol. The van der Waals surface area contributed by atoms with Crippen LogP contribution in [-0.2, 0) is 22.1 Å².